The molecule has 0 spiro atoms. The fourth-order valence-corrected chi connectivity index (χ4v) is 2.63. The lowest BCUT2D eigenvalue weighted by Gasteiger charge is -2.28. The van der Waals surface area contributed by atoms with Gasteiger partial charge in [-0.2, -0.15) is 0 Å². The van der Waals surface area contributed by atoms with Crippen molar-refractivity contribution in [2.24, 2.45) is 0 Å². The van der Waals surface area contributed by atoms with Crippen LogP contribution in [0.2, 0.25) is 0 Å². The van der Waals surface area contributed by atoms with Gasteiger partial charge in [-0.3, -0.25) is 4.98 Å². The largest absolute Gasteiger partial charge is 0.384 e. The van der Waals surface area contributed by atoms with Crippen molar-refractivity contribution in [3.63, 3.8) is 0 Å². The number of aromatic nitrogens is 3. The van der Waals surface area contributed by atoms with Crippen molar-refractivity contribution in [2.75, 3.05) is 43.2 Å². The van der Waals surface area contributed by atoms with Gasteiger partial charge in [0.2, 0.25) is 0 Å². The minimum atomic E-state index is 0.461. The number of morpholine rings is 1. The highest BCUT2D eigenvalue weighted by molar-refractivity contribution is 7.98. The number of anilines is 2. The van der Waals surface area contributed by atoms with Crippen LogP contribution in [0.3, 0.4) is 0 Å². The second-order valence-corrected chi connectivity index (χ2v) is 5.44. The van der Waals surface area contributed by atoms with Crippen LogP contribution in [0.4, 0.5) is 11.5 Å². The van der Waals surface area contributed by atoms with Gasteiger partial charge in [0.05, 0.1) is 24.6 Å². The van der Waals surface area contributed by atoms with Gasteiger partial charge in [-0.25, -0.2) is 9.97 Å². The molecule has 3 rings (SSSR count). The summed E-state index contributed by atoms with van der Waals surface area (Å²) in [6.45, 7) is 3.31. The maximum absolute atomic E-state index is 5.83. The molecule has 1 aliphatic rings. The summed E-state index contributed by atoms with van der Waals surface area (Å²) in [5.41, 5.74) is 8.53. The summed E-state index contributed by atoms with van der Waals surface area (Å²) in [4.78, 5) is 15.3. The van der Waals surface area contributed by atoms with E-state index in [1.807, 2.05) is 18.4 Å². The third-order valence-electron chi connectivity index (χ3n) is 3.29. The predicted molar refractivity (Wildman–Crippen MR) is 84.5 cm³/mol. The number of pyridine rings is 1. The van der Waals surface area contributed by atoms with Crippen LogP contribution in [-0.4, -0.2) is 47.5 Å². The molecule has 2 N–H and O–H groups in total. The molecule has 0 saturated carbocycles. The second kappa shape index (κ2) is 6.28. The minimum Gasteiger partial charge on any atom is -0.384 e. The number of nitrogen functional groups attached to an aromatic ring is 1. The molecule has 1 saturated heterocycles. The topological polar surface area (TPSA) is 77.2 Å². The Balaban J connectivity index is 1.93. The molecular formula is C14H17N5OS. The average Bonchev–Trinajstić information content (AvgIpc) is 2.55. The first-order valence-electron chi connectivity index (χ1n) is 6.74. The first kappa shape index (κ1) is 14.1. The van der Waals surface area contributed by atoms with E-state index in [-0.39, 0.29) is 0 Å². The Morgan fingerprint density at radius 1 is 1.19 bits per heavy atom. The Morgan fingerprint density at radius 3 is 2.76 bits per heavy atom. The van der Waals surface area contributed by atoms with Crippen molar-refractivity contribution in [2.45, 2.75) is 5.16 Å². The molecule has 0 radical (unpaired) electrons. The molecule has 0 aromatic carbocycles. The second-order valence-electron chi connectivity index (χ2n) is 4.66. The summed E-state index contributed by atoms with van der Waals surface area (Å²) in [6, 6.07) is 5.80. The third kappa shape index (κ3) is 3.25. The van der Waals surface area contributed by atoms with E-state index in [4.69, 9.17) is 10.5 Å². The summed E-state index contributed by atoms with van der Waals surface area (Å²) in [5, 5.41) is 0.656. The van der Waals surface area contributed by atoms with E-state index < -0.39 is 0 Å². The SMILES string of the molecule is CSc1nc(N)cc(-c2cc(N3CCOCC3)ccn2)n1. The van der Waals surface area contributed by atoms with E-state index in [0.717, 1.165) is 43.4 Å². The van der Waals surface area contributed by atoms with E-state index in [9.17, 15) is 0 Å². The first-order valence-corrected chi connectivity index (χ1v) is 7.96. The van der Waals surface area contributed by atoms with Crippen molar-refractivity contribution in [1.29, 1.82) is 0 Å². The van der Waals surface area contributed by atoms with Crippen molar-refractivity contribution in [1.82, 2.24) is 15.0 Å². The fourth-order valence-electron chi connectivity index (χ4n) is 2.24. The van der Waals surface area contributed by atoms with Gasteiger partial charge in [0.25, 0.3) is 0 Å². The number of hydrogen-bond acceptors (Lipinski definition) is 7. The maximum atomic E-state index is 5.83. The molecule has 1 fully saturated rings. The summed E-state index contributed by atoms with van der Waals surface area (Å²) in [7, 11) is 0. The van der Waals surface area contributed by atoms with Gasteiger partial charge in [0.15, 0.2) is 5.16 Å². The predicted octanol–water partition coefficient (Wildman–Crippen LogP) is 1.68. The van der Waals surface area contributed by atoms with Crippen LogP contribution >= 0.6 is 11.8 Å². The number of rotatable bonds is 3. The molecule has 0 bridgehead atoms. The zero-order chi connectivity index (χ0) is 14.7. The van der Waals surface area contributed by atoms with Gasteiger partial charge in [-0.05, 0) is 18.4 Å². The quantitative estimate of drug-likeness (QED) is 0.682. The number of thioether (sulfide) groups is 1. The van der Waals surface area contributed by atoms with Gasteiger partial charge < -0.3 is 15.4 Å². The molecule has 0 unspecified atom stereocenters. The van der Waals surface area contributed by atoms with E-state index >= 15 is 0 Å². The Labute approximate surface area is 127 Å². The van der Waals surface area contributed by atoms with Crippen LogP contribution in [0.25, 0.3) is 11.4 Å². The summed E-state index contributed by atoms with van der Waals surface area (Å²) in [5.74, 6) is 0.461. The molecule has 0 amide bonds. The Kier molecular flexibility index (Phi) is 4.21. The first-order chi connectivity index (χ1) is 10.3. The highest BCUT2D eigenvalue weighted by Crippen LogP contribution is 2.24. The molecule has 0 aliphatic carbocycles. The average molecular weight is 303 g/mol. The molecule has 2 aromatic heterocycles. The third-order valence-corrected chi connectivity index (χ3v) is 3.84. The van der Waals surface area contributed by atoms with Gasteiger partial charge in [-0.1, -0.05) is 11.8 Å². The lowest BCUT2D eigenvalue weighted by atomic mass is 10.2. The molecule has 3 heterocycles. The summed E-state index contributed by atoms with van der Waals surface area (Å²) in [6.07, 6.45) is 3.73. The summed E-state index contributed by atoms with van der Waals surface area (Å²) >= 11 is 1.47. The van der Waals surface area contributed by atoms with Crippen LogP contribution < -0.4 is 10.6 Å². The smallest absolute Gasteiger partial charge is 0.189 e. The zero-order valence-corrected chi connectivity index (χ0v) is 12.6. The Bertz CT molecular complexity index is 631. The minimum absolute atomic E-state index is 0.461. The van der Waals surface area contributed by atoms with E-state index in [1.165, 1.54) is 11.8 Å². The van der Waals surface area contributed by atoms with Crippen LogP contribution in [0, 0.1) is 0 Å². The van der Waals surface area contributed by atoms with Crippen LogP contribution in [0.1, 0.15) is 0 Å². The monoisotopic (exact) mass is 303 g/mol. The van der Waals surface area contributed by atoms with Gasteiger partial charge in [0, 0.05) is 31.0 Å². The van der Waals surface area contributed by atoms with Crippen molar-refractivity contribution in [3.05, 3.63) is 24.4 Å². The van der Waals surface area contributed by atoms with Crippen molar-refractivity contribution < 1.29 is 4.74 Å². The Morgan fingerprint density at radius 2 is 2.00 bits per heavy atom. The molecular weight excluding hydrogens is 286 g/mol. The number of ether oxygens (including phenoxy) is 1. The molecule has 0 atom stereocenters. The van der Waals surface area contributed by atoms with Crippen LogP contribution in [-0.2, 0) is 4.74 Å². The lowest BCUT2D eigenvalue weighted by Crippen LogP contribution is -2.36. The zero-order valence-electron chi connectivity index (χ0n) is 11.8. The van der Waals surface area contributed by atoms with E-state index in [1.54, 1.807) is 12.3 Å². The van der Waals surface area contributed by atoms with Crippen LogP contribution in [0.15, 0.2) is 29.6 Å². The van der Waals surface area contributed by atoms with E-state index in [2.05, 4.69) is 19.9 Å². The van der Waals surface area contributed by atoms with Crippen molar-refractivity contribution >= 4 is 23.3 Å². The van der Waals surface area contributed by atoms with Gasteiger partial charge >= 0.3 is 0 Å². The molecule has 1 aliphatic heterocycles. The molecule has 2 aromatic rings. The maximum Gasteiger partial charge on any atom is 0.189 e. The molecule has 110 valence electrons. The highest BCUT2D eigenvalue weighted by Gasteiger charge is 2.13. The Hall–Kier alpha value is -1.86. The van der Waals surface area contributed by atoms with Crippen LogP contribution in [0.5, 0.6) is 0 Å². The summed E-state index contributed by atoms with van der Waals surface area (Å²) < 4.78 is 5.38. The highest BCUT2D eigenvalue weighted by atomic mass is 32.2. The number of nitrogens with zero attached hydrogens (tertiary/aromatic N) is 4. The van der Waals surface area contributed by atoms with Gasteiger partial charge in [0.1, 0.15) is 5.82 Å². The lowest BCUT2D eigenvalue weighted by molar-refractivity contribution is 0.122. The number of hydrogen-bond donors (Lipinski definition) is 1. The molecule has 21 heavy (non-hydrogen) atoms. The molecule has 7 heteroatoms. The standard InChI is InChI=1S/C14H17N5OS/c1-21-14-17-12(9-13(15)18-14)11-8-10(2-3-16-11)19-4-6-20-7-5-19/h2-3,8-9H,4-7H2,1H3,(H2,15,17,18). The molecule has 6 nitrogen and oxygen atoms in total. The number of nitrogens with two attached hydrogens (primary N) is 1. The van der Waals surface area contributed by atoms with Crippen molar-refractivity contribution in [3.8, 4) is 11.4 Å². The fraction of sp³-hybridized carbons (Fsp3) is 0.357. The van der Waals surface area contributed by atoms with E-state index in [0.29, 0.717) is 11.0 Å². The van der Waals surface area contributed by atoms with Gasteiger partial charge in [-0.15, -0.1) is 0 Å². The normalized spacial score (nSPS) is 15.2.